The highest BCUT2D eigenvalue weighted by molar-refractivity contribution is 6.33. The van der Waals surface area contributed by atoms with Gasteiger partial charge in [0.05, 0.1) is 28.8 Å². The molecule has 2 aliphatic rings. The number of ether oxygens (including phenoxy) is 2. The Morgan fingerprint density at radius 2 is 1.31 bits per heavy atom. The summed E-state index contributed by atoms with van der Waals surface area (Å²) >= 11 is 6.28. The third-order valence-corrected chi connectivity index (χ3v) is 10.4. The Bertz CT molecular complexity index is 2040. The van der Waals surface area contributed by atoms with Crippen LogP contribution in [-0.2, 0) is 14.1 Å². The van der Waals surface area contributed by atoms with Crippen LogP contribution in [0.15, 0.2) is 67.0 Å². The number of carbonyl (C=O) groups excluding carboxylic acids is 1. The van der Waals surface area contributed by atoms with E-state index < -0.39 is 0 Å². The average molecular weight is 757 g/mol. The molecule has 2 fully saturated rings. The quantitative estimate of drug-likeness (QED) is 0.158. The van der Waals surface area contributed by atoms with Gasteiger partial charge in [-0.3, -0.25) is 14.2 Å². The van der Waals surface area contributed by atoms with Crippen LogP contribution in [0.4, 0.5) is 15.8 Å². The highest BCUT2D eigenvalue weighted by Crippen LogP contribution is 2.38. The maximum Gasteiger partial charge on any atom is 0.255 e. The van der Waals surface area contributed by atoms with Gasteiger partial charge < -0.3 is 30.3 Å². The van der Waals surface area contributed by atoms with E-state index >= 15 is 0 Å². The van der Waals surface area contributed by atoms with Crippen LogP contribution in [0.1, 0.15) is 47.2 Å². The van der Waals surface area contributed by atoms with E-state index in [0.29, 0.717) is 27.5 Å². The van der Waals surface area contributed by atoms with Gasteiger partial charge in [-0.25, -0.2) is 4.39 Å². The number of halogens is 2. The molecule has 0 atom stereocenters. The summed E-state index contributed by atoms with van der Waals surface area (Å²) in [6.07, 6.45) is 7.84. The molecule has 11 nitrogen and oxygen atoms in total. The second-order valence-electron chi connectivity index (χ2n) is 14.4. The Morgan fingerprint density at radius 3 is 1.85 bits per heavy atom. The van der Waals surface area contributed by atoms with Crippen LogP contribution in [0.5, 0.6) is 11.5 Å². The number of aryl methyl sites for hydroxylation is 4. The molecule has 4 heterocycles. The summed E-state index contributed by atoms with van der Waals surface area (Å²) in [7, 11) is 8.03. The molecule has 7 rings (SSSR count). The predicted molar refractivity (Wildman–Crippen MR) is 213 cm³/mol. The number of nitrogen functional groups attached to an aromatic ring is 1. The van der Waals surface area contributed by atoms with Crippen molar-refractivity contribution >= 4 is 28.9 Å². The Morgan fingerprint density at radius 1 is 0.759 bits per heavy atom. The van der Waals surface area contributed by atoms with Crippen molar-refractivity contribution < 1.29 is 18.7 Å². The molecule has 5 aromatic rings. The second kappa shape index (κ2) is 17.0. The van der Waals surface area contributed by atoms with Gasteiger partial charge in [-0.2, -0.15) is 10.2 Å². The van der Waals surface area contributed by atoms with Crippen molar-refractivity contribution in [2.24, 2.45) is 14.1 Å². The standard InChI is InChI=1S/C25H29FN4O2.C16H21ClN4O/c1-16-13-18(5-7-22(16)26)25(31)28-19-6-8-23(32-20-9-11-29(3)12-10-20)21(14-19)24-17(2)15-27-30(24)4;1-20-7-5-12(6-8-20)22-15-4-3-11(18)9-13(15)16-14(17)10-19-21(16)2/h5-8,13-15,20H,9-12H2,1-4H3,(H,28,31);3-4,9-10,12H,5-8,18H2,1-2H3. The van der Waals surface area contributed by atoms with Crippen molar-refractivity contribution in [3.8, 4) is 34.0 Å². The summed E-state index contributed by atoms with van der Waals surface area (Å²) in [6.45, 7) is 7.79. The zero-order chi connectivity index (χ0) is 38.5. The summed E-state index contributed by atoms with van der Waals surface area (Å²) in [6, 6.07) is 15.7. The molecule has 13 heteroatoms. The third-order valence-electron chi connectivity index (χ3n) is 10.1. The molecule has 0 bridgehead atoms. The Hall–Kier alpha value is -4.91. The fraction of sp³-hybridized carbons (Fsp3) is 0.390. The van der Waals surface area contributed by atoms with E-state index in [0.717, 1.165) is 91.4 Å². The van der Waals surface area contributed by atoms with Crippen molar-refractivity contribution in [2.75, 3.05) is 51.3 Å². The van der Waals surface area contributed by atoms with Crippen molar-refractivity contribution in [3.63, 3.8) is 0 Å². The molecule has 0 spiro atoms. The number of amides is 1. The SMILES string of the molecule is CN1CCC(Oc2ccc(N)cc2-c2c(Cl)cnn2C)CC1.Cc1cc(C(=O)Nc2ccc(OC3CCN(C)CC3)c(-c3c(C)cnn3C)c2)ccc1F. The van der Waals surface area contributed by atoms with Crippen molar-refractivity contribution in [2.45, 2.75) is 51.7 Å². The topological polar surface area (TPSA) is 116 Å². The molecule has 3 N–H and O–H groups in total. The lowest BCUT2D eigenvalue weighted by atomic mass is 10.0. The predicted octanol–water partition coefficient (Wildman–Crippen LogP) is 7.36. The van der Waals surface area contributed by atoms with E-state index in [9.17, 15) is 9.18 Å². The van der Waals surface area contributed by atoms with Crippen molar-refractivity contribution in [3.05, 3.63) is 94.5 Å². The normalized spacial score (nSPS) is 15.8. The molecule has 54 heavy (non-hydrogen) atoms. The van der Waals surface area contributed by atoms with Crippen LogP contribution in [0.3, 0.4) is 0 Å². The summed E-state index contributed by atoms with van der Waals surface area (Å²) in [5, 5.41) is 12.1. The van der Waals surface area contributed by atoms with Gasteiger partial charge in [-0.15, -0.1) is 0 Å². The number of nitrogens with two attached hydrogens (primary N) is 1. The Labute approximate surface area is 321 Å². The monoisotopic (exact) mass is 756 g/mol. The van der Waals surface area contributed by atoms with Crippen LogP contribution in [0, 0.1) is 19.7 Å². The summed E-state index contributed by atoms with van der Waals surface area (Å²) in [4.78, 5) is 17.4. The largest absolute Gasteiger partial charge is 0.490 e. The fourth-order valence-electron chi connectivity index (χ4n) is 6.93. The van der Waals surface area contributed by atoms with E-state index in [4.69, 9.17) is 26.8 Å². The first-order valence-corrected chi connectivity index (χ1v) is 18.7. The highest BCUT2D eigenvalue weighted by Gasteiger charge is 2.23. The maximum atomic E-state index is 13.6. The van der Waals surface area contributed by atoms with E-state index in [1.54, 1.807) is 23.9 Å². The third kappa shape index (κ3) is 9.23. The lowest BCUT2D eigenvalue weighted by molar-refractivity contribution is 0.102. The minimum atomic E-state index is -0.328. The molecule has 286 valence electrons. The molecule has 2 aliphatic heterocycles. The number of hydrogen-bond acceptors (Lipinski definition) is 8. The van der Waals surface area contributed by atoms with Crippen LogP contribution in [0.2, 0.25) is 5.02 Å². The molecular formula is C41H50ClFN8O3. The summed E-state index contributed by atoms with van der Waals surface area (Å²) in [5.74, 6) is 0.979. The average Bonchev–Trinajstić information content (AvgIpc) is 3.67. The van der Waals surface area contributed by atoms with Crippen LogP contribution in [-0.4, -0.2) is 87.8 Å². The van der Waals surface area contributed by atoms with E-state index in [-0.39, 0.29) is 23.9 Å². The Balaban J connectivity index is 0.000000197. The van der Waals surface area contributed by atoms with Gasteiger partial charge in [0.25, 0.3) is 5.91 Å². The summed E-state index contributed by atoms with van der Waals surface area (Å²) < 4.78 is 29.8. The van der Waals surface area contributed by atoms with E-state index in [2.05, 4.69) is 39.4 Å². The minimum absolute atomic E-state index is 0.154. The number of carbonyl (C=O) groups is 1. The van der Waals surface area contributed by atoms with Gasteiger partial charge in [0.2, 0.25) is 0 Å². The van der Waals surface area contributed by atoms with E-state index in [1.807, 2.05) is 68.3 Å². The minimum Gasteiger partial charge on any atom is -0.490 e. The molecule has 0 radical (unpaired) electrons. The number of hydrogen-bond donors (Lipinski definition) is 2. The zero-order valence-electron chi connectivity index (χ0n) is 31.9. The molecule has 0 aliphatic carbocycles. The number of likely N-dealkylation sites (tertiary alicyclic amines) is 2. The number of aromatic nitrogens is 4. The van der Waals surface area contributed by atoms with Gasteiger partial charge in [-0.05, 0) is 119 Å². The van der Waals surface area contributed by atoms with Gasteiger partial charge in [0.1, 0.15) is 29.5 Å². The molecule has 2 aromatic heterocycles. The summed E-state index contributed by atoms with van der Waals surface area (Å²) in [5.41, 5.74) is 12.7. The van der Waals surface area contributed by atoms with Crippen LogP contribution >= 0.6 is 11.6 Å². The van der Waals surface area contributed by atoms with Gasteiger partial charge >= 0.3 is 0 Å². The number of anilines is 2. The number of benzene rings is 3. The van der Waals surface area contributed by atoms with Gasteiger partial charge in [0.15, 0.2) is 0 Å². The second-order valence-corrected chi connectivity index (χ2v) is 14.8. The molecule has 2 saturated heterocycles. The van der Waals surface area contributed by atoms with Gasteiger partial charge in [-0.1, -0.05) is 11.6 Å². The van der Waals surface area contributed by atoms with Crippen LogP contribution in [0.25, 0.3) is 22.5 Å². The molecule has 3 aromatic carbocycles. The lowest BCUT2D eigenvalue weighted by Gasteiger charge is -2.30. The first kappa shape index (κ1) is 38.8. The van der Waals surface area contributed by atoms with Crippen LogP contribution < -0.4 is 20.5 Å². The van der Waals surface area contributed by atoms with Crippen molar-refractivity contribution in [1.82, 2.24) is 29.4 Å². The molecule has 1 amide bonds. The fourth-order valence-corrected chi connectivity index (χ4v) is 7.20. The number of rotatable bonds is 8. The first-order chi connectivity index (χ1) is 25.9. The number of nitrogens with one attached hydrogen (secondary N) is 1. The number of piperidine rings is 2. The first-order valence-electron chi connectivity index (χ1n) is 18.3. The Kier molecular flexibility index (Phi) is 12.3. The smallest absolute Gasteiger partial charge is 0.255 e. The van der Waals surface area contributed by atoms with E-state index in [1.165, 1.54) is 12.1 Å². The maximum absolute atomic E-state index is 13.6. The lowest BCUT2D eigenvalue weighted by Crippen LogP contribution is -2.35. The zero-order valence-corrected chi connectivity index (χ0v) is 32.7. The molecular weight excluding hydrogens is 707 g/mol. The van der Waals surface area contributed by atoms with Crippen molar-refractivity contribution in [1.29, 1.82) is 0 Å². The number of nitrogens with zero attached hydrogens (tertiary/aromatic N) is 6. The van der Waals surface area contributed by atoms with Gasteiger partial charge in [0, 0.05) is 68.3 Å². The highest BCUT2D eigenvalue weighted by atomic mass is 35.5. The molecule has 0 saturated carbocycles. The molecule has 0 unspecified atom stereocenters.